The molecule has 1 aromatic carbocycles. The van der Waals surface area contributed by atoms with Crippen molar-refractivity contribution in [3.8, 4) is 5.75 Å². The molecule has 79 valence electrons. The first-order valence-corrected chi connectivity index (χ1v) is 4.26. The summed E-state index contributed by atoms with van der Waals surface area (Å²) in [6, 6.07) is 5.88. The third kappa shape index (κ3) is 2.93. The number of benzene rings is 1. The van der Waals surface area contributed by atoms with Crippen LogP contribution in [0.3, 0.4) is 0 Å². The Morgan fingerprint density at radius 3 is 2.56 bits per heavy atom. The van der Waals surface area contributed by atoms with Crippen molar-refractivity contribution in [2.24, 2.45) is 20.4 Å². The Bertz CT molecular complexity index is 459. The van der Waals surface area contributed by atoms with Gasteiger partial charge in [0.05, 0.1) is 6.21 Å². The summed E-state index contributed by atoms with van der Waals surface area (Å²) in [7, 11) is 0. The molecule has 1 radical (unpaired) electrons. The molecule has 0 saturated heterocycles. The van der Waals surface area contributed by atoms with E-state index in [0.717, 1.165) is 0 Å². The molecule has 0 spiro atoms. The first-order chi connectivity index (χ1) is 7.27. The fraction of sp³-hybridized carbons (Fsp3) is 0.111. The van der Waals surface area contributed by atoms with Crippen LogP contribution in [0, 0.1) is 0 Å². The van der Waals surface area contributed by atoms with Gasteiger partial charge >= 0.3 is 0 Å². The van der Waals surface area contributed by atoms with E-state index in [1.54, 1.807) is 18.2 Å². The molecule has 1 aliphatic rings. The molecule has 2 rings (SSSR count). The van der Waals surface area contributed by atoms with Crippen molar-refractivity contribution in [2.75, 3.05) is 0 Å². The molecule has 1 aliphatic heterocycles. The van der Waals surface area contributed by atoms with Gasteiger partial charge in [-0.15, -0.1) is 5.10 Å². The Labute approximate surface area is 117 Å². The van der Waals surface area contributed by atoms with E-state index in [9.17, 15) is 5.11 Å². The van der Waals surface area contributed by atoms with Crippen LogP contribution in [0.15, 0.2) is 44.7 Å². The summed E-state index contributed by atoms with van der Waals surface area (Å²) in [4.78, 5) is 0. The Morgan fingerprint density at radius 2 is 1.94 bits per heavy atom. The number of aliphatic hydroxyl groups excluding tert-OH is 1. The number of nitrogens with zero attached hydrogens (tertiary/aromatic N) is 4. The molecule has 7 heteroatoms. The Kier molecular flexibility index (Phi) is 4.70. The average Bonchev–Trinajstić information content (AvgIpc) is 2.63. The van der Waals surface area contributed by atoms with Crippen LogP contribution < -0.4 is 0 Å². The molecule has 0 amide bonds. The van der Waals surface area contributed by atoms with Crippen LogP contribution in [-0.4, -0.2) is 28.4 Å². The Morgan fingerprint density at radius 1 is 1.19 bits per heavy atom. The van der Waals surface area contributed by atoms with Crippen LogP contribution in [-0.2, 0) is 32.7 Å². The maximum atomic E-state index is 9.37. The fourth-order valence-electron chi connectivity index (χ4n) is 1.04. The third-order valence-corrected chi connectivity index (χ3v) is 1.80. The quantitative estimate of drug-likeness (QED) is 0.814. The van der Waals surface area contributed by atoms with E-state index < -0.39 is 6.04 Å². The molecule has 0 aliphatic carbocycles. The van der Waals surface area contributed by atoms with E-state index in [0.29, 0.717) is 5.69 Å². The predicted molar refractivity (Wildman–Crippen MR) is 55.0 cm³/mol. The molecule has 0 saturated carbocycles. The minimum absolute atomic E-state index is 0. The smallest absolute Gasteiger partial charge is 0.238 e. The van der Waals surface area contributed by atoms with Crippen LogP contribution in [0.1, 0.15) is 0 Å². The van der Waals surface area contributed by atoms with Gasteiger partial charge in [0.2, 0.25) is 5.90 Å². The van der Waals surface area contributed by atoms with Crippen molar-refractivity contribution >= 4 is 17.8 Å². The predicted octanol–water partition coefficient (Wildman–Crippen LogP) is 1.80. The summed E-state index contributed by atoms with van der Waals surface area (Å²) in [5.74, 6) is -0.165. The van der Waals surface area contributed by atoms with Gasteiger partial charge in [0.15, 0.2) is 6.04 Å². The molecule has 1 aromatic rings. The molecule has 1 heterocycles. The standard InChI is InChI=1S/C9H8N4O2.Y/c14-8-4-2-1-3-6(8)11-12-7-5-10-13-9(7)15;/h1-5,7,14H,(H,13,15);. The fourth-order valence-corrected chi connectivity index (χ4v) is 1.04. The van der Waals surface area contributed by atoms with Crippen molar-refractivity contribution < 1.29 is 42.9 Å². The molecule has 2 N–H and O–H groups in total. The van der Waals surface area contributed by atoms with Gasteiger partial charge in [0, 0.05) is 32.7 Å². The summed E-state index contributed by atoms with van der Waals surface area (Å²) in [5, 5.41) is 32.9. The first-order valence-electron chi connectivity index (χ1n) is 4.26. The minimum Gasteiger partial charge on any atom is -0.506 e. The van der Waals surface area contributed by atoms with E-state index in [4.69, 9.17) is 5.11 Å². The van der Waals surface area contributed by atoms with Gasteiger partial charge in [-0.05, 0) is 12.1 Å². The second kappa shape index (κ2) is 5.81. The van der Waals surface area contributed by atoms with Crippen LogP contribution >= 0.6 is 0 Å². The molecule has 16 heavy (non-hydrogen) atoms. The number of phenolic OH excluding ortho intramolecular Hbond substituents is 1. The van der Waals surface area contributed by atoms with Crippen molar-refractivity contribution in [2.45, 2.75) is 6.04 Å². The second-order valence-corrected chi connectivity index (χ2v) is 2.87. The summed E-state index contributed by atoms with van der Waals surface area (Å²) in [6.45, 7) is 0. The molecule has 6 nitrogen and oxygen atoms in total. The first kappa shape index (κ1) is 12.9. The molecule has 1 atom stereocenters. The Hall–Kier alpha value is -1.14. The summed E-state index contributed by atoms with van der Waals surface area (Å²) >= 11 is 0. The van der Waals surface area contributed by atoms with E-state index in [-0.39, 0.29) is 44.4 Å². The van der Waals surface area contributed by atoms with Crippen molar-refractivity contribution in [3.05, 3.63) is 24.3 Å². The summed E-state index contributed by atoms with van der Waals surface area (Å²) in [6.07, 6.45) is 1.36. The third-order valence-electron chi connectivity index (χ3n) is 1.80. The van der Waals surface area contributed by atoms with Gasteiger partial charge in [-0.1, -0.05) is 12.1 Å². The van der Waals surface area contributed by atoms with Gasteiger partial charge in [-0.3, -0.25) is 0 Å². The normalized spacial score (nSPS) is 18.5. The zero-order chi connectivity index (χ0) is 10.7. The molecule has 0 fully saturated rings. The SMILES string of the molecule is OC1=NN=CC1N=Nc1ccccc1O.[Y]. The average molecular weight is 293 g/mol. The van der Waals surface area contributed by atoms with E-state index in [1.807, 2.05) is 0 Å². The minimum atomic E-state index is -0.649. The number of aromatic hydroxyl groups is 1. The van der Waals surface area contributed by atoms with Crippen LogP contribution in [0.5, 0.6) is 5.75 Å². The Balaban J connectivity index is 0.00000128. The zero-order valence-corrected chi connectivity index (χ0v) is 11.1. The number of para-hydroxylation sites is 1. The maximum absolute atomic E-state index is 9.37. The monoisotopic (exact) mass is 293 g/mol. The number of phenols is 1. The topological polar surface area (TPSA) is 89.9 Å². The number of aliphatic hydroxyl groups is 1. The van der Waals surface area contributed by atoms with Crippen molar-refractivity contribution in [1.82, 2.24) is 0 Å². The van der Waals surface area contributed by atoms with Gasteiger partial charge in [-0.2, -0.15) is 15.3 Å². The summed E-state index contributed by atoms with van der Waals surface area (Å²) < 4.78 is 0. The van der Waals surface area contributed by atoms with Crippen LogP contribution in [0.4, 0.5) is 5.69 Å². The van der Waals surface area contributed by atoms with Crippen molar-refractivity contribution in [1.29, 1.82) is 0 Å². The number of hydrogen-bond acceptors (Lipinski definition) is 5. The van der Waals surface area contributed by atoms with Gasteiger partial charge in [-0.25, -0.2) is 0 Å². The summed E-state index contributed by atoms with van der Waals surface area (Å²) in [5.41, 5.74) is 0.339. The van der Waals surface area contributed by atoms with E-state index in [1.165, 1.54) is 12.3 Å². The zero-order valence-electron chi connectivity index (χ0n) is 8.22. The molecular weight excluding hydrogens is 285 g/mol. The van der Waals surface area contributed by atoms with Crippen LogP contribution in [0.25, 0.3) is 0 Å². The van der Waals surface area contributed by atoms with Crippen molar-refractivity contribution in [3.63, 3.8) is 0 Å². The number of rotatable bonds is 2. The largest absolute Gasteiger partial charge is 0.506 e. The number of azo groups is 1. The second-order valence-electron chi connectivity index (χ2n) is 2.87. The van der Waals surface area contributed by atoms with Gasteiger partial charge < -0.3 is 10.2 Å². The molecule has 1 unspecified atom stereocenters. The molecular formula is C9H8N4O2Y. The molecule has 0 aromatic heterocycles. The molecule has 0 bridgehead atoms. The number of hydrogen-bond donors (Lipinski definition) is 2. The van der Waals surface area contributed by atoms with E-state index in [2.05, 4.69) is 20.4 Å². The van der Waals surface area contributed by atoms with E-state index >= 15 is 0 Å². The van der Waals surface area contributed by atoms with Crippen LogP contribution in [0.2, 0.25) is 0 Å². The van der Waals surface area contributed by atoms with Gasteiger partial charge in [0.25, 0.3) is 0 Å². The maximum Gasteiger partial charge on any atom is 0.238 e. The van der Waals surface area contributed by atoms with Gasteiger partial charge in [0.1, 0.15) is 11.4 Å².